The Morgan fingerprint density at radius 1 is 1.06 bits per heavy atom. The van der Waals surface area contributed by atoms with Crippen LogP contribution in [-0.4, -0.2) is 30.2 Å². The standard InChI is InChI=1S/C25H28N2O4/c1-2-15-26-25(29)23(21-10-5-18(6-11-21)9-14-24(28)27-30)16-19-7-12-22(13-8-19)31-17-20-3-4-20/h5-14,16,20,30H,2-4,15,17H2,1H3,(H,26,29)(H,27,28)/b14-9+,23-16+. The first-order chi connectivity index (χ1) is 15.1. The van der Waals surface area contributed by atoms with Crippen molar-refractivity contribution in [3.05, 3.63) is 71.3 Å². The largest absolute Gasteiger partial charge is 0.493 e. The number of hydroxylamine groups is 1. The van der Waals surface area contributed by atoms with Crippen LogP contribution in [0.1, 0.15) is 42.9 Å². The van der Waals surface area contributed by atoms with Crippen LogP contribution in [-0.2, 0) is 9.59 Å². The van der Waals surface area contributed by atoms with Crippen molar-refractivity contribution in [3.8, 4) is 5.75 Å². The van der Waals surface area contributed by atoms with Crippen LogP contribution in [0.25, 0.3) is 17.7 Å². The summed E-state index contributed by atoms with van der Waals surface area (Å²) in [4.78, 5) is 23.9. The predicted molar refractivity (Wildman–Crippen MR) is 121 cm³/mol. The number of rotatable bonds is 10. The van der Waals surface area contributed by atoms with Gasteiger partial charge in [0, 0.05) is 18.2 Å². The minimum Gasteiger partial charge on any atom is -0.493 e. The van der Waals surface area contributed by atoms with Gasteiger partial charge in [-0.25, -0.2) is 5.48 Å². The zero-order chi connectivity index (χ0) is 22.1. The molecule has 6 nitrogen and oxygen atoms in total. The monoisotopic (exact) mass is 420 g/mol. The molecule has 2 aromatic rings. The van der Waals surface area contributed by atoms with Crippen LogP contribution < -0.4 is 15.5 Å². The molecule has 0 saturated heterocycles. The summed E-state index contributed by atoms with van der Waals surface area (Å²) in [7, 11) is 0. The third-order valence-corrected chi connectivity index (χ3v) is 4.91. The average molecular weight is 421 g/mol. The van der Waals surface area contributed by atoms with E-state index in [4.69, 9.17) is 9.94 Å². The Morgan fingerprint density at radius 3 is 2.35 bits per heavy atom. The SMILES string of the molecule is CCCNC(=O)/C(=C/c1ccc(OCC2CC2)cc1)c1ccc(/C=C/C(=O)NO)cc1. The van der Waals surface area contributed by atoms with Crippen LogP contribution >= 0.6 is 0 Å². The van der Waals surface area contributed by atoms with E-state index < -0.39 is 5.91 Å². The minimum absolute atomic E-state index is 0.140. The first kappa shape index (κ1) is 22.3. The number of carbonyl (C=O) groups is 2. The lowest BCUT2D eigenvalue weighted by Gasteiger charge is -2.10. The molecule has 3 N–H and O–H groups in total. The fourth-order valence-electron chi connectivity index (χ4n) is 2.92. The molecule has 1 saturated carbocycles. The molecular formula is C25H28N2O4. The van der Waals surface area contributed by atoms with Crippen molar-refractivity contribution in [2.24, 2.45) is 5.92 Å². The van der Waals surface area contributed by atoms with E-state index in [1.807, 2.05) is 61.5 Å². The molecule has 1 aliphatic rings. The zero-order valence-corrected chi connectivity index (χ0v) is 17.6. The molecule has 2 aromatic carbocycles. The molecule has 0 atom stereocenters. The van der Waals surface area contributed by atoms with E-state index in [9.17, 15) is 9.59 Å². The topological polar surface area (TPSA) is 87.7 Å². The fourth-order valence-corrected chi connectivity index (χ4v) is 2.92. The molecule has 3 rings (SSSR count). The number of amides is 2. The Labute approximate surface area is 182 Å². The molecule has 1 aliphatic carbocycles. The van der Waals surface area contributed by atoms with Crippen molar-refractivity contribution in [3.63, 3.8) is 0 Å². The fraction of sp³-hybridized carbons (Fsp3) is 0.280. The second-order valence-electron chi connectivity index (χ2n) is 7.57. The van der Waals surface area contributed by atoms with Gasteiger partial charge in [0.25, 0.3) is 11.8 Å². The van der Waals surface area contributed by atoms with Gasteiger partial charge < -0.3 is 10.1 Å². The van der Waals surface area contributed by atoms with Gasteiger partial charge in [0.15, 0.2) is 0 Å². The molecule has 0 aromatic heterocycles. The van der Waals surface area contributed by atoms with Crippen LogP contribution in [0.2, 0.25) is 0 Å². The zero-order valence-electron chi connectivity index (χ0n) is 17.6. The summed E-state index contributed by atoms with van der Waals surface area (Å²) in [5, 5.41) is 11.5. The molecule has 2 amide bonds. The van der Waals surface area contributed by atoms with Gasteiger partial charge in [-0.3, -0.25) is 14.8 Å². The summed E-state index contributed by atoms with van der Waals surface area (Å²) in [5.74, 6) is 0.792. The molecule has 31 heavy (non-hydrogen) atoms. The predicted octanol–water partition coefficient (Wildman–Crippen LogP) is 4.06. The van der Waals surface area contributed by atoms with E-state index in [2.05, 4.69) is 5.32 Å². The van der Waals surface area contributed by atoms with Crippen LogP contribution in [0.15, 0.2) is 54.6 Å². The Balaban J connectivity index is 1.79. The highest BCUT2D eigenvalue weighted by atomic mass is 16.5. The Hall–Kier alpha value is -3.38. The molecule has 0 spiro atoms. The van der Waals surface area contributed by atoms with Crippen LogP contribution in [0.4, 0.5) is 0 Å². The molecule has 1 fully saturated rings. The Bertz CT molecular complexity index is 942. The first-order valence-electron chi connectivity index (χ1n) is 10.5. The molecule has 0 unspecified atom stereocenters. The summed E-state index contributed by atoms with van der Waals surface area (Å²) >= 11 is 0. The van der Waals surface area contributed by atoms with E-state index in [0.717, 1.165) is 35.5 Å². The minimum atomic E-state index is -0.604. The highest BCUT2D eigenvalue weighted by molar-refractivity contribution is 6.24. The van der Waals surface area contributed by atoms with Crippen LogP contribution in [0, 0.1) is 5.92 Å². The van der Waals surface area contributed by atoms with Crippen molar-refractivity contribution >= 4 is 29.5 Å². The number of benzene rings is 2. The number of hydrogen-bond acceptors (Lipinski definition) is 4. The van der Waals surface area contributed by atoms with Crippen molar-refractivity contribution in [2.75, 3.05) is 13.2 Å². The molecule has 0 aliphatic heterocycles. The van der Waals surface area contributed by atoms with Crippen molar-refractivity contribution < 1.29 is 19.5 Å². The van der Waals surface area contributed by atoms with Gasteiger partial charge in [0.05, 0.1) is 6.61 Å². The summed E-state index contributed by atoms with van der Waals surface area (Å²) in [6.45, 7) is 3.37. The molecule has 0 heterocycles. The third-order valence-electron chi connectivity index (χ3n) is 4.91. The smallest absolute Gasteiger partial charge is 0.267 e. The Morgan fingerprint density at radius 2 is 1.74 bits per heavy atom. The molecule has 162 valence electrons. The lowest BCUT2D eigenvalue weighted by Crippen LogP contribution is -2.24. The van der Waals surface area contributed by atoms with Crippen molar-refractivity contribution in [1.82, 2.24) is 10.8 Å². The van der Waals surface area contributed by atoms with E-state index in [0.29, 0.717) is 18.0 Å². The molecule has 0 bridgehead atoms. The normalized spacial score (nSPS) is 13.8. The van der Waals surface area contributed by atoms with Gasteiger partial charge in [-0.1, -0.05) is 43.3 Å². The van der Waals surface area contributed by atoms with Crippen LogP contribution in [0.5, 0.6) is 5.75 Å². The number of nitrogens with one attached hydrogen (secondary N) is 2. The van der Waals surface area contributed by atoms with E-state index in [1.165, 1.54) is 18.9 Å². The molecule has 6 heteroatoms. The maximum Gasteiger partial charge on any atom is 0.267 e. The van der Waals surface area contributed by atoms with Crippen LogP contribution in [0.3, 0.4) is 0 Å². The van der Waals surface area contributed by atoms with Gasteiger partial charge in [-0.05, 0) is 66.2 Å². The first-order valence-corrected chi connectivity index (χ1v) is 10.5. The highest BCUT2D eigenvalue weighted by Gasteiger charge is 2.21. The molecule has 0 radical (unpaired) electrons. The van der Waals surface area contributed by atoms with Gasteiger partial charge in [0.1, 0.15) is 5.75 Å². The molecular weight excluding hydrogens is 392 g/mol. The second kappa shape index (κ2) is 11.1. The van der Waals surface area contributed by atoms with Gasteiger partial charge >= 0.3 is 0 Å². The number of hydrogen-bond donors (Lipinski definition) is 3. The van der Waals surface area contributed by atoms with Crippen molar-refractivity contribution in [2.45, 2.75) is 26.2 Å². The summed E-state index contributed by atoms with van der Waals surface area (Å²) in [5.41, 5.74) is 4.56. The second-order valence-corrected chi connectivity index (χ2v) is 7.57. The van der Waals surface area contributed by atoms with E-state index in [-0.39, 0.29) is 5.91 Å². The number of ether oxygens (including phenoxy) is 1. The third kappa shape index (κ3) is 7.12. The van der Waals surface area contributed by atoms with Crippen molar-refractivity contribution in [1.29, 1.82) is 0 Å². The maximum atomic E-state index is 12.8. The Kier molecular flexibility index (Phi) is 8.01. The quantitative estimate of drug-likeness (QED) is 0.234. The van der Waals surface area contributed by atoms with E-state index >= 15 is 0 Å². The van der Waals surface area contributed by atoms with Gasteiger partial charge in [0.2, 0.25) is 0 Å². The maximum absolute atomic E-state index is 12.8. The summed E-state index contributed by atoms with van der Waals surface area (Å²) < 4.78 is 5.79. The number of carbonyl (C=O) groups excluding carboxylic acids is 2. The highest BCUT2D eigenvalue weighted by Crippen LogP contribution is 2.29. The average Bonchev–Trinajstić information content (AvgIpc) is 3.64. The lowest BCUT2D eigenvalue weighted by molar-refractivity contribution is -0.124. The summed E-state index contributed by atoms with van der Waals surface area (Å²) in [6, 6.07) is 15.0. The summed E-state index contributed by atoms with van der Waals surface area (Å²) in [6.07, 6.45) is 8.02. The van der Waals surface area contributed by atoms with Gasteiger partial charge in [-0.2, -0.15) is 0 Å². The lowest BCUT2D eigenvalue weighted by atomic mass is 10.00. The van der Waals surface area contributed by atoms with E-state index in [1.54, 1.807) is 11.6 Å². The van der Waals surface area contributed by atoms with Gasteiger partial charge in [-0.15, -0.1) is 0 Å².